The molecular weight excluding hydrogens is 515 g/mol. The molecule has 36 heavy (non-hydrogen) atoms. The summed E-state index contributed by atoms with van der Waals surface area (Å²) in [6, 6.07) is 0. The SMILES string of the molecule is CSc1nc(CN2CCOCC(C)(O)C2)c2c(C#C[Si](C(C)C)(C(C)C)C(C)C)nc(Cl)c(F)c2n1. The van der Waals surface area contributed by atoms with Crippen LogP contribution in [0.4, 0.5) is 4.39 Å². The molecule has 0 amide bonds. The Bertz CT molecular complexity index is 1140. The molecule has 6 nitrogen and oxygen atoms in total. The first kappa shape index (κ1) is 29.3. The van der Waals surface area contributed by atoms with Crippen molar-refractivity contribution >= 4 is 42.3 Å². The van der Waals surface area contributed by atoms with Crippen LogP contribution in [0.5, 0.6) is 0 Å². The molecule has 0 spiro atoms. The van der Waals surface area contributed by atoms with Gasteiger partial charge in [0.05, 0.1) is 29.9 Å². The Hall–Kier alpha value is -1.28. The minimum atomic E-state index is -2.07. The molecule has 2 aromatic rings. The van der Waals surface area contributed by atoms with Crippen LogP contribution in [0.15, 0.2) is 5.16 Å². The van der Waals surface area contributed by atoms with Gasteiger partial charge in [-0.2, -0.15) is 0 Å². The van der Waals surface area contributed by atoms with Crippen LogP contribution in [0.25, 0.3) is 10.9 Å². The van der Waals surface area contributed by atoms with Gasteiger partial charge >= 0.3 is 0 Å². The molecule has 198 valence electrons. The van der Waals surface area contributed by atoms with Crippen LogP contribution in [0, 0.1) is 17.3 Å². The van der Waals surface area contributed by atoms with Crippen LogP contribution >= 0.6 is 23.4 Å². The van der Waals surface area contributed by atoms with Gasteiger partial charge in [0, 0.05) is 19.6 Å². The molecule has 1 saturated heterocycles. The minimum absolute atomic E-state index is 0.136. The van der Waals surface area contributed by atoms with E-state index in [0.29, 0.717) is 64.8 Å². The van der Waals surface area contributed by atoms with Gasteiger partial charge in [-0.1, -0.05) is 70.8 Å². The standard InChI is InChI=1S/C26H38ClFN4O2SSi/c1-16(2)36(17(3)4,18(5)6)12-9-19-21-20(13-32-10-11-34-15-26(7,33)14-32)30-25(35-8)31-23(21)22(28)24(27)29-19/h16-18,33H,10-11,13-15H2,1-8H3. The second kappa shape index (κ2) is 11.6. The van der Waals surface area contributed by atoms with E-state index >= 15 is 4.39 Å². The number of ether oxygens (including phenoxy) is 1. The van der Waals surface area contributed by atoms with Crippen LogP contribution in [-0.2, 0) is 11.3 Å². The number of halogens is 2. The lowest BCUT2D eigenvalue weighted by Gasteiger charge is -2.38. The van der Waals surface area contributed by atoms with Crippen molar-refractivity contribution in [2.75, 3.05) is 32.6 Å². The highest BCUT2D eigenvalue weighted by atomic mass is 35.5. The van der Waals surface area contributed by atoms with E-state index in [1.807, 2.05) is 6.26 Å². The number of thioether (sulfide) groups is 1. The Balaban J connectivity index is 2.25. The van der Waals surface area contributed by atoms with E-state index in [1.54, 1.807) is 6.92 Å². The van der Waals surface area contributed by atoms with E-state index < -0.39 is 19.5 Å². The highest BCUT2D eigenvalue weighted by Gasteiger charge is 2.42. The highest BCUT2D eigenvalue weighted by Crippen LogP contribution is 2.41. The van der Waals surface area contributed by atoms with Crippen LogP contribution in [0.2, 0.25) is 21.8 Å². The maximum Gasteiger partial charge on any atom is 0.188 e. The van der Waals surface area contributed by atoms with Crippen LogP contribution in [0.3, 0.4) is 0 Å². The minimum Gasteiger partial charge on any atom is -0.386 e. The first-order valence-corrected chi connectivity index (χ1v) is 16.3. The summed E-state index contributed by atoms with van der Waals surface area (Å²) in [6.07, 6.45) is 1.85. The Kier molecular flexibility index (Phi) is 9.45. The van der Waals surface area contributed by atoms with Gasteiger partial charge in [0.2, 0.25) is 0 Å². The Morgan fingerprint density at radius 1 is 1.17 bits per heavy atom. The maximum atomic E-state index is 15.3. The van der Waals surface area contributed by atoms with Crippen molar-refractivity contribution < 1.29 is 14.2 Å². The normalized spacial score (nSPS) is 19.7. The Morgan fingerprint density at radius 2 is 1.81 bits per heavy atom. The summed E-state index contributed by atoms with van der Waals surface area (Å²) in [5.41, 5.74) is 5.17. The molecule has 1 unspecified atom stereocenters. The summed E-state index contributed by atoms with van der Waals surface area (Å²) in [5.74, 6) is 2.69. The molecule has 0 radical (unpaired) electrons. The maximum absolute atomic E-state index is 15.3. The largest absolute Gasteiger partial charge is 0.386 e. The lowest BCUT2D eigenvalue weighted by atomic mass is 10.1. The van der Waals surface area contributed by atoms with Crippen molar-refractivity contribution in [1.82, 2.24) is 19.9 Å². The lowest BCUT2D eigenvalue weighted by Crippen LogP contribution is -2.43. The van der Waals surface area contributed by atoms with E-state index in [0.717, 1.165) is 0 Å². The summed E-state index contributed by atoms with van der Waals surface area (Å²) in [5, 5.41) is 11.4. The summed E-state index contributed by atoms with van der Waals surface area (Å²) >= 11 is 7.60. The molecule has 10 heteroatoms. The molecule has 1 aliphatic heterocycles. The molecule has 0 aliphatic carbocycles. The van der Waals surface area contributed by atoms with E-state index in [-0.39, 0.29) is 17.3 Å². The number of rotatable bonds is 6. The zero-order valence-corrected chi connectivity index (χ0v) is 25.1. The van der Waals surface area contributed by atoms with E-state index in [1.165, 1.54) is 11.8 Å². The van der Waals surface area contributed by atoms with Crippen LogP contribution < -0.4 is 0 Å². The first-order chi connectivity index (χ1) is 16.8. The van der Waals surface area contributed by atoms with Crippen molar-refractivity contribution in [2.24, 2.45) is 0 Å². The average Bonchev–Trinajstić information content (AvgIpc) is 2.95. The fraction of sp³-hybridized carbons (Fsp3) is 0.654. The molecule has 1 fully saturated rings. The highest BCUT2D eigenvalue weighted by molar-refractivity contribution is 7.98. The Morgan fingerprint density at radius 3 is 2.39 bits per heavy atom. The number of aromatic nitrogens is 3. The van der Waals surface area contributed by atoms with Crippen LogP contribution in [-0.4, -0.2) is 71.2 Å². The number of β-amino-alcohol motifs (C(OH)–C–C–N with tert-alkyl or cyclic N) is 1. The predicted octanol–water partition coefficient (Wildman–Crippen LogP) is 5.69. The molecule has 2 aromatic heterocycles. The molecule has 1 N–H and O–H groups in total. The fourth-order valence-electron chi connectivity index (χ4n) is 5.53. The van der Waals surface area contributed by atoms with Crippen molar-refractivity contribution in [2.45, 2.75) is 82.4 Å². The fourth-order valence-corrected chi connectivity index (χ4v) is 11.3. The summed E-state index contributed by atoms with van der Waals surface area (Å²) in [4.78, 5) is 15.7. The zero-order valence-electron chi connectivity index (χ0n) is 22.6. The van der Waals surface area contributed by atoms with Gasteiger partial charge in [-0.15, -0.1) is 5.54 Å². The van der Waals surface area contributed by atoms with E-state index in [4.69, 9.17) is 21.3 Å². The average molecular weight is 553 g/mol. The smallest absolute Gasteiger partial charge is 0.188 e. The zero-order chi connectivity index (χ0) is 26.8. The van der Waals surface area contributed by atoms with Crippen molar-refractivity contribution in [1.29, 1.82) is 0 Å². The van der Waals surface area contributed by atoms with Gasteiger partial charge in [0.15, 0.2) is 16.1 Å². The van der Waals surface area contributed by atoms with E-state index in [2.05, 4.69) is 67.9 Å². The Labute approximate surface area is 224 Å². The van der Waals surface area contributed by atoms with Gasteiger partial charge in [0.1, 0.15) is 19.3 Å². The third kappa shape index (κ3) is 6.06. The van der Waals surface area contributed by atoms with Gasteiger partial charge in [0.25, 0.3) is 0 Å². The molecular formula is C26H38ClFN4O2SSi. The number of hydrogen-bond acceptors (Lipinski definition) is 7. The van der Waals surface area contributed by atoms with Crippen molar-refractivity contribution in [3.05, 3.63) is 22.4 Å². The monoisotopic (exact) mass is 552 g/mol. The topological polar surface area (TPSA) is 71.4 Å². The first-order valence-electron chi connectivity index (χ1n) is 12.5. The van der Waals surface area contributed by atoms with Gasteiger partial charge in [-0.05, 0) is 29.8 Å². The molecule has 3 heterocycles. The second-order valence-corrected chi connectivity index (χ2v) is 17.6. The molecule has 1 aliphatic rings. The third-order valence-electron chi connectivity index (χ3n) is 7.15. The number of nitrogens with zero attached hydrogens (tertiary/aromatic N) is 4. The second-order valence-electron chi connectivity index (χ2n) is 10.9. The summed E-state index contributed by atoms with van der Waals surface area (Å²) in [6.45, 7) is 17.4. The summed E-state index contributed by atoms with van der Waals surface area (Å²) in [7, 11) is -2.07. The van der Waals surface area contributed by atoms with E-state index in [9.17, 15) is 5.11 Å². The molecule has 1 atom stereocenters. The molecule has 0 aromatic carbocycles. The third-order valence-corrected chi connectivity index (χ3v) is 14.2. The molecule has 0 saturated carbocycles. The number of aliphatic hydroxyl groups is 1. The number of hydrogen-bond donors (Lipinski definition) is 1. The number of fused-ring (bicyclic) bond motifs is 1. The van der Waals surface area contributed by atoms with Gasteiger partial charge in [-0.3, -0.25) is 4.90 Å². The molecule has 0 bridgehead atoms. The van der Waals surface area contributed by atoms with Crippen LogP contribution in [0.1, 0.15) is 59.9 Å². The molecule has 3 rings (SSSR count). The predicted molar refractivity (Wildman–Crippen MR) is 149 cm³/mol. The van der Waals surface area contributed by atoms with Gasteiger partial charge in [-0.25, -0.2) is 19.3 Å². The number of pyridine rings is 1. The van der Waals surface area contributed by atoms with Gasteiger partial charge < -0.3 is 9.84 Å². The quantitative estimate of drug-likeness (QED) is 0.162. The summed E-state index contributed by atoms with van der Waals surface area (Å²) < 4.78 is 20.9. The van der Waals surface area contributed by atoms with Crippen molar-refractivity contribution in [3.8, 4) is 11.5 Å². The van der Waals surface area contributed by atoms with Crippen molar-refractivity contribution in [3.63, 3.8) is 0 Å². The lowest BCUT2D eigenvalue weighted by molar-refractivity contribution is -0.0226.